The van der Waals surface area contributed by atoms with Crippen LogP contribution in [0.2, 0.25) is 0 Å². The zero-order valence-corrected chi connectivity index (χ0v) is 11.7. The molecule has 1 fully saturated rings. The van der Waals surface area contributed by atoms with Gasteiger partial charge in [-0.2, -0.15) is 0 Å². The van der Waals surface area contributed by atoms with Crippen LogP contribution in [-0.4, -0.2) is 49.3 Å². The summed E-state index contributed by atoms with van der Waals surface area (Å²) < 4.78 is 5.27. The van der Waals surface area contributed by atoms with E-state index in [1.807, 2.05) is 6.92 Å². The number of nitrogens with zero attached hydrogens (tertiary/aromatic N) is 1. The van der Waals surface area contributed by atoms with Crippen molar-refractivity contribution in [1.29, 1.82) is 0 Å². The van der Waals surface area contributed by atoms with Crippen LogP contribution in [0.3, 0.4) is 0 Å². The van der Waals surface area contributed by atoms with E-state index < -0.39 is 0 Å². The van der Waals surface area contributed by atoms with Gasteiger partial charge in [-0.05, 0) is 33.2 Å². The molecule has 0 spiro atoms. The molecule has 3 N–H and O–H groups in total. The highest BCUT2D eigenvalue weighted by Gasteiger charge is 2.30. The first-order chi connectivity index (χ1) is 8.63. The van der Waals surface area contributed by atoms with E-state index in [-0.39, 0.29) is 12.2 Å². The molecule has 1 heterocycles. The van der Waals surface area contributed by atoms with Gasteiger partial charge in [0.25, 0.3) is 0 Å². The van der Waals surface area contributed by atoms with Crippen molar-refractivity contribution in [3.8, 4) is 0 Å². The number of hydrogen-bond donors (Lipinski definition) is 2. The van der Waals surface area contributed by atoms with E-state index in [0.29, 0.717) is 12.6 Å². The Morgan fingerprint density at radius 3 is 2.72 bits per heavy atom. The van der Waals surface area contributed by atoms with Crippen LogP contribution in [0, 0.1) is 0 Å². The molecule has 1 rings (SSSR count). The summed E-state index contributed by atoms with van der Waals surface area (Å²) in [6.07, 6.45) is 3.97. The van der Waals surface area contributed by atoms with Crippen LogP contribution in [0.5, 0.6) is 0 Å². The third-order valence-corrected chi connectivity index (χ3v) is 3.19. The van der Waals surface area contributed by atoms with Gasteiger partial charge in [-0.3, -0.25) is 4.90 Å². The fourth-order valence-electron chi connectivity index (χ4n) is 1.95. The van der Waals surface area contributed by atoms with Gasteiger partial charge in [-0.25, -0.2) is 4.79 Å². The Balaban J connectivity index is 1.92. The van der Waals surface area contributed by atoms with E-state index in [1.54, 1.807) is 0 Å². The lowest BCUT2D eigenvalue weighted by Gasteiger charge is -2.14. The molecule has 1 aliphatic heterocycles. The number of nitrogens with two attached hydrogens (primary N) is 1. The van der Waals surface area contributed by atoms with Gasteiger partial charge in [-0.1, -0.05) is 12.8 Å². The molecule has 0 aromatic heterocycles. The van der Waals surface area contributed by atoms with Crippen molar-refractivity contribution in [1.82, 2.24) is 10.2 Å². The predicted molar refractivity (Wildman–Crippen MR) is 72.5 cm³/mol. The molecule has 18 heavy (non-hydrogen) atoms. The second kappa shape index (κ2) is 8.32. The van der Waals surface area contributed by atoms with Crippen molar-refractivity contribution in [2.45, 2.75) is 51.7 Å². The summed E-state index contributed by atoms with van der Waals surface area (Å²) in [5, 5.41) is 2.78. The van der Waals surface area contributed by atoms with Crippen molar-refractivity contribution >= 4 is 6.09 Å². The maximum Gasteiger partial charge on any atom is 0.407 e. The lowest BCUT2D eigenvalue weighted by Crippen LogP contribution is -2.31. The molecule has 1 saturated heterocycles. The van der Waals surface area contributed by atoms with Gasteiger partial charge in [0.1, 0.15) is 6.10 Å². The molecule has 1 aliphatic rings. The van der Waals surface area contributed by atoms with Crippen LogP contribution in [0.15, 0.2) is 0 Å². The van der Waals surface area contributed by atoms with Gasteiger partial charge in [-0.15, -0.1) is 0 Å². The zero-order valence-electron chi connectivity index (χ0n) is 11.7. The molecule has 0 aromatic rings. The van der Waals surface area contributed by atoms with Crippen molar-refractivity contribution in [2.75, 3.05) is 26.2 Å². The Hall–Kier alpha value is -0.810. The second-order valence-corrected chi connectivity index (χ2v) is 5.15. The first-order valence-electron chi connectivity index (χ1n) is 7.02. The molecule has 1 amide bonds. The lowest BCUT2D eigenvalue weighted by atomic mass is 10.2. The Morgan fingerprint density at radius 1 is 1.44 bits per heavy atom. The number of carbonyl (C=O) groups excluding carboxylic acids is 1. The minimum atomic E-state index is -0.296. The largest absolute Gasteiger partial charge is 0.445 e. The van der Waals surface area contributed by atoms with Crippen LogP contribution in [0.1, 0.15) is 39.5 Å². The fraction of sp³-hybridized carbons (Fsp3) is 0.923. The molecule has 5 heteroatoms. The number of hydrogen-bond acceptors (Lipinski definition) is 4. The molecular weight excluding hydrogens is 230 g/mol. The monoisotopic (exact) mass is 257 g/mol. The van der Waals surface area contributed by atoms with Crippen LogP contribution >= 0.6 is 0 Å². The first kappa shape index (κ1) is 15.2. The van der Waals surface area contributed by atoms with Gasteiger partial charge in [0.2, 0.25) is 0 Å². The van der Waals surface area contributed by atoms with E-state index in [0.717, 1.165) is 45.3 Å². The van der Waals surface area contributed by atoms with E-state index >= 15 is 0 Å². The van der Waals surface area contributed by atoms with Crippen LogP contribution in [0.4, 0.5) is 4.79 Å². The van der Waals surface area contributed by atoms with Gasteiger partial charge >= 0.3 is 6.09 Å². The molecule has 3 unspecified atom stereocenters. The summed E-state index contributed by atoms with van der Waals surface area (Å²) in [5.41, 5.74) is 5.41. The first-order valence-corrected chi connectivity index (χ1v) is 7.02. The minimum absolute atomic E-state index is 0.0350. The normalized spacial score (nSPS) is 23.5. The molecule has 0 saturated carbocycles. The Morgan fingerprint density at radius 2 is 2.11 bits per heavy atom. The second-order valence-electron chi connectivity index (χ2n) is 5.15. The van der Waals surface area contributed by atoms with E-state index in [2.05, 4.69) is 17.1 Å². The number of rotatable bonds is 9. The molecule has 106 valence electrons. The Kier molecular flexibility index (Phi) is 7.05. The topological polar surface area (TPSA) is 67.4 Å². The molecule has 0 bridgehead atoms. The summed E-state index contributed by atoms with van der Waals surface area (Å²) >= 11 is 0. The van der Waals surface area contributed by atoms with E-state index in [1.165, 1.54) is 0 Å². The van der Waals surface area contributed by atoms with Crippen LogP contribution < -0.4 is 11.1 Å². The van der Waals surface area contributed by atoms with Gasteiger partial charge in [0.15, 0.2) is 0 Å². The maximum atomic E-state index is 11.5. The summed E-state index contributed by atoms with van der Waals surface area (Å²) in [6, 6.07) is 0.654. The van der Waals surface area contributed by atoms with Crippen LogP contribution in [-0.2, 0) is 4.74 Å². The SMILES string of the molecule is CC(CN1CC1C)OC(=O)NCCCCCCN. The molecule has 0 aromatic carbocycles. The standard InChI is InChI=1S/C13H27N3O2/c1-11-9-16(11)10-12(2)18-13(17)15-8-6-4-3-5-7-14/h11-12H,3-10,14H2,1-2H3,(H,15,17). The lowest BCUT2D eigenvalue weighted by molar-refractivity contribution is 0.0972. The average Bonchev–Trinajstić information content (AvgIpc) is 2.98. The van der Waals surface area contributed by atoms with Crippen LogP contribution in [0.25, 0.3) is 0 Å². The number of carbonyl (C=O) groups is 1. The maximum absolute atomic E-state index is 11.5. The molecule has 0 radical (unpaired) electrons. The number of ether oxygens (including phenoxy) is 1. The Bertz CT molecular complexity index is 248. The van der Waals surface area contributed by atoms with Crippen molar-refractivity contribution in [3.63, 3.8) is 0 Å². The van der Waals surface area contributed by atoms with Crippen molar-refractivity contribution < 1.29 is 9.53 Å². The van der Waals surface area contributed by atoms with E-state index in [9.17, 15) is 4.79 Å². The Labute approximate surface area is 110 Å². The highest BCUT2D eigenvalue weighted by atomic mass is 16.6. The number of unbranched alkanes of at least 4 members (excludes halogenated alkanes) is 3. The summed E-state index contributed by atoms with van der Waals surface area (Å²) in [6.45, 7) is 7.51. The average molecular weight is 257 g/mol. The minimum Gasteiger partial charge on any atom is -0.445 e. The number of amides is 1. The third-order valence-electron chi connectivity index (χ3n) is 3.19. The van der Waals surface area contributed by atoms with E-state index in [4.69, 9.17) is 10.5 Å². The van der Waals surface area contributed by atoms with Crippen molar-refractivity contribution in [3.05, 3.63) is 0 Å². The summed E-state index contributed by atoms with van der Waals surface area (Å²) in [7, 11) is 0. The highest BCUT2D eigenvalue weighted by Crippen LogP contribution is 2.16. The number of alkyl carbamates (subject to hydrolysis) is 1. The molecule has 3 atom stereocenters. The van der Waals surface area contributed by atoms with Gasteiger partial charge in [0, 0.05) is 25.7 Å². The quantitative estimate of drug-likeness (QED) is 0.483. The van der Waals surface area contributed by atoms with Gasteiger partial charge in [0.05, 0.1) is 0 Å². The van der Waals surface area contributed by atoms with Crippen molar-refractivity contribution in [2.24, 2.45) is 5.73 Å². The summed E-state index contributed by atoms with van der Waals surface area (Å²) in [4.78, 5) is 13.7. The third kappa shape index (κ3) is 6.81. The zero-order chi connectivity index (χ0) is 13.4. The number of nitrogens with one attached hydrogen (secondary N) is 1. The highest BCUT2D eigenvalue weighted by molar-refractivity contribution is 5.67. The molecular formula is C13H27N3O2. The predicted octanol–water partition coefficient (Wildman–Crippen LogP) is 1.32. The molecule has 5 nitrogen and oxygen atoms in total. The smallest absolute Gasteiger partial charge is 0.407 e. The fourth-order valence-corrected chi connectivity index (χ4v) is 1.95. The van der Waals surface area contributed by atoms with Gasteiger partial charge < -0.3 is 15.8 Å². The summed E-state index contributed by atoms with van der Waals surface area (Å²) in [5.74, 6) is 0. The molecule has 0 aliphatic carbocycles.